The minimum Gasteiger partial charge on any atom is -0.497 e. The Morgan fingerprint density at radius 3 is 2.56 bits per heavy atom. The zero-order chi connectivity index (χ0) is 22.9. The van der Waals surface area contributed by atoms with Crippen LogP contribution in [-0.2, 0) is 9.84 Å². The second-order valence-electron chi connectivity index (χ2n) is 7.46. The third-order valence-electron chi connectivity index (χ3n) is 5.05. The number of aromatic amines is 1. The van der Waals surface area contributed by atoms with E-state index in [-0.39, 0.29) is 10.8 Å². The van der Waals surface area contributed by atoms with E-state index in [1.807, 2.05) is 0 Å². The number of carbonyl (C=O) groups is 1. The fraction of sp³-hybridized carbons (Fsp3) is 0.174. The Balaban J connectivity index is 1.65. The fourth-order valence-electron chi connectivity index (χ4n) is 3.19. The van der Waals surface area contributed by atoms with Gasteiger partial charge in [-0.15, -0.1) is 0 Å². The molecule has 2 aromatic carbocycles. The Kier molecular flexibility index (Phi) is 5.67. The molecule has 0 aliphatic rings. The van der Waals surface area contributed by atoms with E-state index in [9.17, 15) is 13.2 Å². The Morgan fingerprint density at radius 2 is 1.88 bits per heavy atom. The van der Waals surface area contributed by atoms with Crippen LogP contribution in [0.15, 0.2) is 65.8 Å². The molecule has 0 bridgehead atoms. The minimum absolute atomic E-state index is 0.255. The quantitative estimate of drug-likeness (QED) is 0.458. The summed E-state index contributed by atoms with van der Waals surface area (Å²) in [6.45, 7) is 3.29. The number of nitrogens with zero attached hydrogens (tertiary/aromatic N) is 2. The number of hydrogen-bond acceptors (Lipinski definition) is 6. The van der Waals surface area contributed by atoms with Crippen molar-refractivity contribution in [2.24, 2.45) is 0 Å². The summed E-state index contributed by atoms with van der Waals surface area (Å²) >= 11 is 0. The molecule has 0 saturated carbocycles. The topological polar surface area (TPSA) is 114 Å². The molecule has 0 fully saturated rings. The van der Waals surface area contributed by atoms with Gasteiger partial charge in [0.1, 0.15) is 11.3 Å². The van der Waals surface area contributed by atoms with Gasteiger partial charge in [-0.3, -0.25) is 4.79 Å². The summed E-state index contributed by atoms with van der Waals surface area (Å²) in [5.74, 6) is 0.293. The molecule has 0 aliphatic heterocycles. The number of rotatable bonds is 6. The van der Waals surface area contributed by atoms with Gasteiger partial charge in [-0.2, -0.15) is 0 Å². The number of hydrogen-bond donors (Lipinski definition) is 2. The predicted octanol–water partition coefficient (Wildman–Crippen LogP) is 4.07. The lowest BCUT2D eigenvalue weighted by Gasteiger charge is -2.09. The normalized spacial score (nSPS) is 11.6. The predicted molar refractivity (Wildman–Crippen MR) is 123 cm³/mol. The molecule has 0 radical (unpaired) electrons. The van der Waals surface area contributed by atoms with E-state index < -0.39 is 15.1 Å². The minimum atomic E-state index is -3.36. The first-order valence-electron chi connectivity index (χ1n) is 9.93. The van der Waals surface area contributed by atoms with Crippen LogP contribution in [0.1, 0.15) is 24.2 Å². The van der Waals surface area contributed by atoms with Gasteiger partial charge in [0, 0.05) is 23.5 Å². The highest BCUT2D eigenvalue weighted by Gasteiger charge is 2.19. The largest absolute Gasteiger partial charge is 0.497 e. The number of H-pyrrole nitrogens is 1. The van der Waals surface area contributed by atoms with Gasteiger partial charge in [-0.1, -0.05) is 18.2 Å². The number of benzene rings is 2. The van der Waals surface area contributed by atoms with Crippen LogP contribution in [0.25, 0.3) is 22.4 Å². The van der Waals surface area contributed by atoms with Gasteiger partial charge < -0.3 is 15.0 Å². The Bertz CT molecular complexity index is 1390. The van der Waals surface area contributed by atoms with Crippen molar-refractivity contribution >= 4 is 32.6 Å². The monoisotopic (exact) mass is 450 g/mol. The summed E-state index contributed by atoms with van der Waals surface area (Å²) in [5.41, 5.74) is 3.06. The number of anilines is 1. The molecule has 164 valence electrons. The van der Waals surface area contributed by atoms with Crippen LogP contribution in [0.4, 0.5) is 5.69 Å². The maximum atomic E-state index is 12.8. The van der Waals surface area contributed by atoms with E-state index in [1.165, 1.54) is 0 Å². The molecule has 0 saturated heterocycles. The van der Waals surface area contributed by atoms with Crippen molar-refractivity contribution in [3.63, 3.8) is 0 Å². The van der Waals surface area contributed by atoms with E-state index in [1.54, 1.807) is 81.9 Å². The first-order valence-corrected chi connectivity index (χ1v) is 11.5. The summed E-state index contributed by atoms with van der Waals surface area (Å²) in [7, 11) is -1.80. The zero-order valence-electron chi connectivity index (χ0n) is 17.8. The second-order valence-corrected chi connectivity index (χ2v) is 9.96. The van der Waals surface area contributed by atoms with Crippen molar-refractivity contribution in [3.05, 3.63) is 66.5 Å². The van der Waals surface area contributed by atoms with Crippen molar-refractivity contribution in [1.29, 1.82) is 0 Å². The molecule has 0 aliphatic carbocycles. The molecule has 4 rings (SSSR count). The number of fused-ring (bicyclic) bond motifs is 1. The van der Waals surface area contributed by atoms with Gasteiger partial charge in [0.05, 0.1) is 34.7 Å². The Hall–Kier alpha value is -3.72. The Labute approximate surface area is 185 Å². The summed E-state index contributed by atoms with van der Waals surface area (Å²) < 4.78 is 29.9. The number of ether oxygens (including phenoxy) is 1. The molecule has 2 aromatic heterocycles. The molecular formula is C23H22N4O4S. The number of nitrogens with one attached hydrogen (secondary N) is 2. The molecule has 1 amide bonds. The van der Waals surface area contributed by atoms with Crippen LogP contribution in [0, 0.1) is 0 Å². The lowest BCUT2D eigenvalue weighted by Crippen LogP contribution is -2.13. The first kappa shape index (κ1) is 21.5. The van der Waals surface area contributed by atoms with Gasteiger partial charge in [0.25, 0.3) is 5.91 Å². The molecule has 0 atom stereocenters. The highest BCUT2D eigenvalue weighted by molar-refractivity contribution is 7.92. The highest BCUT2D eigenvalue weighted by Crippen LogP contribution is 2.25. The van der Waals surface area contributed by atoms with E-state index in [4.69, 9.17) is 4.74 Å². The standard InChI is InChI=1S/C23H22N4O4S/c1-14(2)32(29,30)18-9-7-15(8-10-18)20-13-25-22-21(27-20)19(12-24-22)23(28)26-16-5-4-6-17(11-16)31-3/h4-14H,1-3H3,(H,24,25)(H,26,28). The maximum absolute atomic E-state index is 12.8. The third-order valence-corrected chi connectivity index (χ3v) is 7.22. The molecule has 2 heterocycles. The van der Waals surface area contributed by atoms with Crippen molar-refractivity contribution in [2.45, 2.75) is 24.0 Å². The van der Waals surface area contributed by atoms with Gasteiger partial charge >= 0.3 is 0 Å². The van der Waals surface area contributed by atoms with Crippen LogP contribution in [0.3, 0.4) is 0 Å². The lowest BCUT2D eigenvalue weighted by atomic mass is 10.1. The molecule has 32 heavy (non-hydrogen) atoms. The van der Waals surface area contributed by atoms with E-state index in [2.05, 4.69) is 20.3 Å². The van der Waals surface area contributed by atoms with Crippen LogP contribution in [-0.4, -0.2) is 41.6 Å². The number of methoxy groups -OCH3 is 1. The SMILES string of the molecule is COc1cccc(NC(=O)c2c[nH]c3ncc(-c4ccc(S(=O)(=O)C(C)C)cc4)nc23)c1. The average molecular weight is 451 g/mol. The first-order chi connectivity index (χ1) is 15.3. The van der Waals surface area contributed by atoms with Gasteiger partial charge in [-0.25, -0.2) is 18.4 Å². The number of carbonyl (C=O) groups excluding carboxylic acids is 1. The summed E-state index contributed by atoms with van der Waals surface area (Å²) in [6, 6.07) is 13.5. The van der Waals surface area contributed by atoms with Crippen molar-refractivity contribution in [2.75, 3.05) is 12.4 Å². The molecule has 8 nitrogen and oxygen atoms in total. The van der Waals surface area contributed by atoms with E-state index in [0.717, 1.165) is 0 Å². The molecular weight excluding hydrogens is 428 g/mol. The van der Waals surface area contributed by atoms with Crippen LogP contribution >= 0.6 is 0 Å². The van der Waals surface area contributed by atoms with Gasteiger partial charge in [0.15, 0.2) is 15.5 Å². The van der Waals surface area contributed by atoms with Crippen molar-refractivity contribution in [3.8, 4) is 17.0 Å². The second kappa shape index (κ2) is 8.43. The lowest BCUT2D eigenvalue weighted by molar-refractivity contribution is 0.102. The summed E-state index contributed by atoms with van der Waals surface area (Å²) in [4.78, 5) is 25.0. The van der Waals surface area contributed by atoms with Gasteiger partial charge in [0.2, 0.25) is 0 Å². The van der Waals surface area contributed by atoms with Crippen LogP contribution in [0.5, 0.6) is 5.75 Å². The number of amides is 1. The molecule has 0 spiro atoms. The molecule has 0 unspecified atom stereocenters. The maximum Gasteiger partial charge on any atom is 0.259 e. The zero-order valence-corrected chi connectivity index (χ0v) is 18.6. The smallest absolute Gasteiger partial charge is 0.259 e. The fourth-order valence-corrected chi connectivity index (χ4v) is 4.25. The number of sulfone groups is 1. The number of aromatic nitrogens is 3. The summed E-state index contributed by atoms with van der Waals surface area (Å²) in [5, 5.41) is 2.33. The molecule has 4 aromatic rings. The average Bonchev–Trinajstić information content (AvgIpc) is 3.22. The molecule has 2 N–H and O–H groups in total. The van der Waals surface area contributed by atoms with E-state index >= 15 is 0 Å². The van der Waals surface area contributed by atoms with Crippen LogP contribution in [0.2, 0.25) is 0 Å². The van der Waals surface area contributed by atoms with Crippen molar-refractivity contribution in [1.82, 2.24) is 15.0 Å². The third kappa shape index (κ3) is 4.06. The highest BCUT2D eigenvalue weighted by atomic mass is 32.2. The van der Waals surface area contributed by atoms with Gasteiger partial charge in [-0.05, 0) is 38.1 Å². The van der Waals surface area contributed by atoms with Crippen LogP contribution < -0.4 is 10.1 Å². The summed E-state index contributed by atoms with van der Waals surface area (Å²) in [6.07, 6.45) is 3.14. The molecule has 9 heteroatoms. The van der Waals surface area contributed by atoms with Crippen molar-refractivity contribution < 1.29 is 17.9 Å². The Morgan fingerprint density at radius 1 is 1.12 bits per heavy atom. The van der Waals surface area contributed by atoms with E-state index in [0.29, 0.717) is 39.4 Å².